The number of nitrogens with one attached hydrogen (secondary N) is 1. The molecule has 0 unspecified atom stereocenters. The molecule has 4 heterocycles. The first-order valence-electron chi connectivity index (χ1n) is 8.59. The van der Waals surface area contributed by atoms with Crippen molar-refractivity contribution in [3.8, 4) is 0 Å². The summed E-state index contributed by atoms with van der Waals surface area (Å²) in [5.74, 6) is 0.852. The SMILES string of the molecule is CC(C)(C)OC(=O)Nc1cc(Cl)nc2c(Br)cnn12.Nc1cc(Cl)nc2c(Br)cnn12. The number of ether oxygens (including phenoxy) is 1. The van der Waals surface area contributed by atoms with Crippen molar-refractivity contribution in [1.29, 1.82) is 0 Å². The van der Waals surface area contributed by atoms with Crippen molar-refractivity contribution in [2.24, 2.45) is 0 Å². The average molecular weight is 595 g/mol. The molecule has 0 bridgehead atoms. The summed E-state index contributed by atoms with van der Waals surface area (Å²) in [6.45, 7) is 5.35. The van der Waals surface area contributed by atoms with E-state index in [2.05, 4.69) is 57.3 Å². The molecule has 0 radical (unpaired) electrons. The summed E-state index contributed by atoms with van der Waals surface area (Å²) < 4.78 is 9.60. The van der Waals surface area contributed by atoms with Gasteiger partial charge in [-0.05, 0) is 52.6 Å². The molecule has 0 aliphatic rings. The predicted octanol–water partition coefficient (Wildman–Crippen LogP) is 5.22. The Morgan fingerprint density at radius 3 is 2.13 bits per heavy atom. The second-order valence-electron chi connectivity index (χ2n) is 7.05. The molecular weight excluding hydrogens is 579 g/mol. The standard InChI is InChI=1S/C11H12BrClN4O2.C6H4BrClN4/c1-11(2,3)19-10(18)16-8-4-7(13)15-9-6(12)5-14-17(8)9;7-3-2-10-12-5(9)1-4(8)11-6(3)12/h4-5H,1-3H3,(H,16,18);1-2H,9H2. The van der Waals surface area contributed by atoms with Gasteiger partial charge in [0, 0.05) is 12.1 Å². The van der Waals surface area contributed by atoms with E-state index in [0.717, 1.165) is 4.47 Å². The topological polar surface area (TPSA) is 125 Å². The zero-order valence-electron chi connectivity index (χ0n) is 16.4. The summed E-state index contributed by atoms with van der Waals surface area (Å²) in [6, 6.07) is 3.05. The molecule has 0 spiro atoms. The van der Waals surface area contributed by atoms with Crippen LogP contribution in [0, 0.1) is 0 Å². The van der Waals surface area contributed by atoms with Crippen LogP contribution in [0.1, 0.15) is 20.8 Å². The van der Waals surface area contributed by atoms with Crippen LogP contribution in [0.2, 0.25) is 10.3 Å². The number of nitrogens with zero attached hydrogens (tertiary/aromatic N) is 6. The van der Waals surface area contributed by atoms with Crippen molar-refractivity contribution < 1.29 is 9.53 Å². The molecule has 0 saturated carbocycles. The molecule has 0 aliphatic heterocycles. The van der Waals surface area contributed by atoms with Gasteiger partial charge in [0.25, 0.3) is 0 Å². The highest BCUT2D eigenvalue weighted by molar-refractivity contribution is 9.11. The molecule has 4 aromatic rings. The summed E-state index contributed by atoms with van der Waals surface area (Å²) in [4.78, 5) is 19.9. The van der Waals surface area contributed by atoms with Gasteiger partial charge < -0.3 is 10.5 Å². The number of carbonyl (C=O) groups excluding carboxylic acids is 1. The van der Waals surface area contributed by atoms with Crippen LogP contribution in [-0.4, -0.2) is 40.9 Å². The van der Waals surface area contributed by atoms with Crippen LogP contribution in [0.3, 0.4) is 0 Å². The molecule has 4 rings (SSSR count). The van der Waals surface area contributed by atoms with Gasteiger partial charge in [-0.25, -0.2) is 14.8 Å². The number of amides is 1. The zero-order valence-corrected chi connectivity index (χ0v) is 21.1. The largest absolute Gasteiger partial charge is 0.444 e. The number of halogens is 4. The Morgan fingerprint density at radius 2 is 1.55 bits per heavy atom. The molecule has 0 atom stereocenters. The minimum atomic E-state index is -0.581. The van der Waals surface area contributed by atoms with Gasteiger partial charge in [-0.1, -0.05) is 23.2 Å². The third-order valence-corrected chi connectivity index (χ3v) is 4.96. The molecule has 0 aliphatic carbocycles. The van der Waals surface area contributed by atoms with E-state index in [4.69, 9.17) is 33.7 Å². The third kappa shape index (κ3) is 5.76. The number of hydrogen-bond acceptors (Lipinski definition) is 7. The van der Waals surface area contributed by atoms with Crippen molar-refractivity contribution >= 4 is 84.1 Å². The summed E-state index contributed by atoms with van der Waals surface area (Å²) in [5, 5.41) is 11.3. The van der Waals surface area contributed by atoms with Crippen LogP contribution in [0.25, 0.3) is 11.3 Å². The molecule has 0 fully saturated rings. The van der Waals surface area contributed by atoms with Crippen molar-refractivity contribution in [3.05, 3.63) is 43.8 Å². The number of anilines is 2. The van der Waals surface area contributed by atoms with Crippen LogP contribution in [0.4, 0.5) is 16.4 Å². The van der Waals surface area contributed by atoms with Crippen LogP contribution in [-0.2, 0) is 4.74 Å². The minimum Gasteiger partial charge on any atom is -0.444 e. The number of hydrogen-bond donors (Lipinski definition) is 2. The second kappa shape index (κ2) is 9.15. The first-order valence-corrected chi connectivity index (χ1v) is 10.9. The molecular formula is C17H16Br2Cl2N8O2. The maximum atomic E-state index is 11.7. The van der Waals surface area contributed by atoms with E-state index in [0.29, 0.717) is 32.6 Å². The smallest absolute Gasteiger partial charge is 0.413 e. The van der Waals surface area contributed by atoms with Crippen molar-refractivity contribution in [3.63, 3.8) is 0 Å². The molecule has 0 aromatic carbocycles. The van der Waals surface area contributed by atoms with E-state index >= 15 is 0 Å². The number of nitrogen functional groups attached to an aromatic ring is 1. The Kier molecular flexibility index (Phi) is 6.94. The normalized spacial score (nSPS) is 11.3. The van der Waals surface area contributed by atoms with Crippen LogP contribution >= 0.6 is 55.1 Å². The number of nitrogens with two attached hydrogens (primary N) is 1. The maximum absolute atomic E-state index is 11.7. The molecule has 14 heteroatoms. The lowest BCUT2D eigenvalue weighted by Gasteiger charge is -2.19. The number of rotatable bonds is 1. The minimum absolute atomic E-state index is 0.250. The first-order chi connectivity index (χ1) is 14.4. The van der Waals surface area contributed by atoms with Crippen molar-refractivity contribution in [1.82, 2.24) is 29.2 Å². The fourth-order valence-corrected chi connectivity index (χ4v) is 3.40. The van der Waals surface area contributed by atoms with Gasteiger partial charge in [0.2, 0.25) is 0 Å². The van der Waals surface area contributed by atoms with Crippen molar-refractivity contribution in [2.45, 2.75) is 26.4 Å². The highest BCUT2D eigenvalue weighted by Gasteiger charge is 2.18. The van der Waals surface area contributed by atoms with Crippen LogP contribution in [0.15, 0.2) is 33.5 Å². The van der Waals surface area contributed by atoms with Gasteiger partial charge in [-0.15, -0.1) is 0 Å². The highest BCUT2D eigenvalue weighted by Crippen LogP contribution is 2.23. The Balaban J connectivity index is 0.000000194. The Morgan fingerprint density at radius 1 is 1.03 bits per heavy atom. The molecule has 4 aromatic heterocycles. The van der Waals surface area contributed by atoms with E-state index in [1.807, 2.05) is 0 Å². The van der Waals surface area contributed by atoms with Gasteiger partial charge in [-0.2, -0.15) is 19.2 Å². The van der Waals surface area contributed by atoms with Crippen LogP contribution in [0.5, 0.6) is 0 Å². The summed E-state index contributed by atoms with van der Waals surface area (Å²) in [7, 11) is 0. The lowest BCUT2D eigenvalue weighted by Crippen LogP contribution is -2.28. The van der Waals surface area contributed by atoms with Gasteiger partial charge in [0.05, 0.1) is 21.3 Å². The monoisotopic (exact) mass is 592 g/mol. The van der Waals surface area contributed by atoms with E-state index in [9.17, 15) is 4.79 Å². The molecule has 1 amide bonds. The van der Waals surface area contributed by atoms with E-state index in [1.54, 1.807) is 39.2 Å². The second-order valence-corrected chi connectivity index (χ2v) is 9.53. The average Bonchev–Trinajstić information content (AvgIpc) is 3.18. The van der Waals surface area contributed by atoms with Crippen LogP contribution < -0.4 is 11.1 Å². The van der Waals surface area contributed by atoms with Gasteiger partial charge in [-0.3, -0.25) is 5.32 Å². The highest BCUT2D eigenvalue weighted by atomic mass is 79.9. The lowest BCUT2D eigenvalue weighted by atomic mass is 10.2. The van der Waals surface area contributed by atoms with E-state index < -0.39 is 11.7 Å². The number of fused-ring (bicyclic) bond motifs is 2. The van der Waals surface area contributed by atoms with E-state index in [1.165, 1.54) is 15.1 Å². The molecule has 31 heavy (non-hydrogen) atoms. The van der Waals surface area contributed by atoms with Crippen molar-refractivity contribution in [2.75, 3.05) is 11.1 Å². The Labute approximate surface area is 203 Å². The zero-order chi connectivity index (χ0) is 22.9. The lowest BCUT2D eigenvalue weighted by molar-refractivity contribution is 0.0635. The summed E-state index contributed by atoms with van der Waals surface area (Å²) in [5.41, 5.74) is 6.18. The summed E-state index contributed by atoms with van der Waals surface area (Å²) in [6.07, 6.45) is 2.61. The van der Waals surface area contributed by atoms with Gasteiger partial charge in [0.1, 0.15) is 27.5 Å². The van der Waals surface area contributed by atoms with Gasteiger partial charge >= 0.3 is 6.09 Å². The fourth-order valence-electron chi connectivity index (χ4n) is 2.33. The molecule has 0 saturated heterocycles. The maximum Gasteiger partial charge on any atom is 0.413 e. The fraction of sp³-hybridized carbons (Fsp3) is 0.235. The summed E-state index contributed by atoms with van der Waals surface area (Å²) >= 11 is 18.2. The van der Waals surface area contributed by atoms with E-state index in [-0.39, 0.29) is 5.15 Å². The Hall–Kier alpha value is -2.15. The quantitative estimate of drug-likeness (QED) is 0.289. The number of aromatic nitrogens is 6. The number of carbonyl (C=O) groups is 1. The first kappa shape index (κ1) is 23.5. The van der Waals surface area contributed by atoms with Gasteiger partial charge in [0.15, 0.2) is 11.3 Å². The molecule has 10 nitrogen and oxygen atoms in total. The predicted molar refractivity (Wildman–Crippen MR) is 126 cm³/mol. The molecule has 3 N–H and O–H groups in total. The third-order valence-electron chi connectivity index (χ3n) is 3.45. The Bertz CT molecular complexity index is 1270. The molecule has 164 valence electrons.